The maximum atomic E-state index is 12.6. The monoisotopic (exact) mass is 344 g/mol. The van der Waals surface area contributed by atoms with Crippen LogP contribution in [0.15, 0.2) is 29.3 Å². The van der Waals surface area contributed by atoms with Crippen molar-refractivity contribution in [3.05, 3.63) is 40.5 Å². The Bertz CT molecular complexity index is 978. The van der Waals surface area contributed by atoms with Gasteiger partial charge in [0.15, 0.2) is 4.80 Å². The van der Waals surface area contributed by atoms with Crippen LogP contribution in [0.4, 0.5) is 0 Å². The molecule has 6 nitrogen and oxygen atoms in total. The van der Waals surface area contributed by atoms with Crippen LogP contribution in [0.2, 0.25) is 0 Å². The molecule has 3 aromatic rings. The highest BCUT2D eigenvalue weighted by Gasteiger charge is 2.16. The SMILES string of the molecule is COc1ccc2c(c1)sc(=NC(=O)c1cc(C)nn1C(C)C)n2C. The van der Waals surface area contributed by atoms with Gasteiger partial charge >= 0.3 is 0 Å². The van der Waals surface area contributed by atoms with Gasteiger partial charge in [-0.15, -0.1) is 0 Å². The van der Waals surface area contributed by atoms with E-state index in [-0.39, 0.29) is 11.9 Å². The Morgan fingerprint density at radius 2 is 2.08 bits per heavy atom. The molecule has 0 aliphatic rings. The molecule has 0 aliphatic heterocycles. The molecule has 0 aliphatic carbocycles. The van der Waals surface area contributed by atoms with Gasteiger partial charge in [0.25, 0.3) is 5.91 Å². The van der Waals surface area contributed by atoms with Crippen LogP contribution in [0, 0.1) is 6.92 Å². The number of rotatable bonds is 3. The van der Waals surface area contributed by atoms with Gasteiger partial charge in [-0.05, 0) is 45.0 Å². The van der Waals surface area contributed by atoms with Crippen LogP contribution in [0.25, 0.3) is 10.2 Å². The molecule has 0 N–H and O–H groups in total. The molecule has 0 bridgehead atoms. The first-order chi connectivity index (χ1) is 11.4. The molecule has 0 fully saturated rings. The molecular formula is C17H20N4O2S. The van der Waals surface area contributed by atoms with Crippen LogP contribution in [-0.2, 0) is 7.05 Å². The van der Waals surface area contributed by atoms with Crippen molar-refractivity contribution in [3.8, 4) is 5.75 Å². The van der Waals surface area contributed by atoms with E-state index in [1.54, 1.807) is 17.9 Å². The summed E-state index contributed by atoms with van der Waals surface area (Å²) in [6, 6.07) is 7.70. The van der Waals surface area contributed by atoms with E-state index < -0.39 is 0 Å². The quantitative estimate of drug-likeness (QED) is 0.733. The summed E-state index contributed by atoms with van der Waals surface area (Å²) >= 11 is 1.46. The first kappa shape index (κ1) is 16.4. The third kappa shape index (κ3) is 2.87. The van der Waals surface area contributed by atoms with Crippen molar-refractivity contribution in [3.63, 3.8) is 0 Å². The topological polar surface area (TPSA) is 61.4 Å². The average molecular weight is 344 g/mol. The summed E-state index contributed by atoms with van der Waals surface area (Å²) < 4.78 is 9.92. The summed E-state index contributed by atoms with van der Waals surface area (Å²) in [7, 11) is 3.54. The Kier molecular flexibility index (Phi) is 4.28. The molecule has 0 spiro atoms. The van der Waals surface area contributed by atoms with E-state index in [4.69, 9.17) is 4.74 Å². The van der Waals surface area contributed by atoms with Gasteiger partial charge in [0.05, 0.1) is 23.0 Å². The molecule has 3 rings (SSSR count). The second kappa shape index (κ2) is 6.24. The predicted molar refractivity (Wildman–Crippen MR) is 94.6 cm³/mol. The standard InChI is InChI=1S/C17H20N4O2S/c1-10(2)21-14(8-11(3)19-21)16(22)18-17-20(4)13-7-6-12(23-5)9-15(13)24-17/h6-10H,1-5H3. The summed E-state index contributed by atoms with van der Waals surface area (Å²) in [5, 5.41) is 4.38. The number of amides is 1. The summed E-state index contributed by atoms with van der Waals surface area (Å²) in [6.45, 7) is 5.87. The Morgan fingerprint density at radius 1 is 1.33 bits per heavy atom. The van der Waals surface area contributed by atoms with E-state index in [0.717, 1.165) is 21.7 Å². The molecule has 1 amide bonds. The van der Waals surface area contributed by atoms with Crippen LogP contribution >= 0.6 is 11.3 Å². The molecule has 7 heteroatoms. The molecule has 0 radical (unpaired) electrons. The number of aromatic nitrogens is 3. The predicted octanol–water partition coefficient (Wildman–Crippen LogP) is 3.08. The van der Waals surface area contributed by atoms with Gasteiger partial charge in [0, 0.05) is 13.1 Å². The highest BCUT2D eigenvalue weighted by molar-refractivity contribution is 7.16. The van der Waals surface area contributed by atoms with Crippen LogP contribution in [0.1, 0.15) is 36.1 Å². The first-order valence-corrected chi connectivity index (χ1v) is 8.51. The largest absolute Gasteiger partial charge is 0.497 e. The third-order valence-corrected chi connectivity index (χ3v) is 4.87. The Hall–Kier alpha value is -2.41. The maximum absolute atomic E-state index is 12.6. The second-order valence-corrected chi connectivity index (χ2v) is 6.91. The normalized spacial score (nSPS) is 12.3. The van der Waals surface area contributed by atoms with Gasteiger partial charge in [-0.2, -0.15) is 10.1 Å². The number of nitrogens with zero attached hydrogens (tertiary/aromatic N) is 4. The molecule has 1 aromatic carbocycles. The zero-order valence-corrected chi connectivity index (χ0v) is 15.2. The number of ether oxygens (including phenoxy) is 1. The summed E-state index contributed by atoms with van der Waals surface area (Å²) in [5.74, 6) is 0.508. The fraction of sp³-hybridized carbons (Fsp3) is 0.353. The molecule has 2 aromatic heterocycles. The van der Waals surface area contributed by atoms with E-state index in [9.17, 15) is 4.79 Å². The van der Waals surface area contributed by atoms with E-state index in [1.165, 1.54) is 11.3 Å². The maximum Gasteiger partial charge on any atom is 0.297 e. The highest BCUT2D eigenvalue weighted by atomic mass is 32.1. The van der Waals surface area contributed by atoms with E-state index in [0.29, 0.717) is 10.5 Å². The van der Waals surface area contributed by atoms with Crippen molar-refractivity contribution < 1.29 is 9.53 Å². The van der Waals surface area contributed by atoms with Crippen molar-refractivity contribution in [2.45, 2.75) is 26.8 Å². The lowest BCUT2D eigenvalue weighted by atomic mass is 10.3. The van der Waals surface area contributed by atoms with Gasteiger partial charge < -0.3 is 9.30 Å². The smallest absolute Gasteiger partial charge is 0.297 e. The zero-order chi connectivity index (χ0) is 17.4. The second-order valence-electron chi connectivity index (χ2n) is 5.90. The highest BCUT2D eigenvalue weighted by Crippen LogP contribution is 2.22. The lowest BCUT2D eigenvalue weighted by Gasteiger charge is -2.07. The Morgan fingerprint density at radius 3 is 2.75 bits per heavy atom. The van der Waals surface area contributed by atoms with Crippen molar-refractivity contribution in [2.24, 2.45) is 12.0 Å². The third-order valence-electron chi connectivity index (χ3n) is 3.78. The Labute approximate surface area is 144 Å². The number of benzene rings is 1. The molecular weight excluding hydrogens is 324 g/mol. The van der Waals surface area contributed by atoms with Crippen LogP contribution < -0.4 is 9.54 Å². The molecule has 0 atom stereocenters. The first-order valence-electron chi connectivity index (χ1n) is 7.69. The molecule has 126 valence electrons. The number of carbonyl (C=O) groups excluding carboxylic acids is 1. The fourth-order valence-electron chi connectivity index (χ4n) is 2.56. The van der Waals surface area contributed by atoms with Crippen molar-refractivity contribution in [1.29, 1.82) is 0 Å². The minimum absolute atomic E-state index is 0.105. The number of carbonyl (C=O) groups is 1. The van der Waals surface area contributed by atoms with Crippen molar-refractivity contribution >= 4 is 27.5 Å². The average Bonchev–Trinajstić information content (AvgIpc) is 3.08. The van der Waals surface area contributed by atoms with Gasteiger partial charge in [0.2, 0.25) is 0 Å². The number of thiazole rings is 1. The van der Waals surface area contributed by atoms with Gasteiger partial charge in [-0.3, -0.25) is 9.48 Å². The molecule has 24 heavy (non-hydrogen) atoms. The van der Waals surface area contributed by atoms with Gasteiger partial charge in [0.1, 0.15) is 11.4 Å². The van der Waals surface area contributed by atoms with E-state index >= 15 is 0 Å². The Balaban J connectivity index is 2.10. The molecule has 2 heterocycles. The molecule has 0 saturated heterocycles. The van der Waals surface area contributed by atoms with E-state index in [1.807, 2.05) is 50.6 Å². The fourth-order valence-corrected chi connectivity index (χ4v) is 3.61. The lowest BCUT2D eigenvalue weighted by molar-refractivity contribution is 0.0986. The summed E-state index contributed by atoms with van der Waals surface area (Å²) in [4.78, 5) is 17.6. The van der Waals surface area contributed by atoms with Crippen LogP contribution in [0.5, 0.6) is 5.75 Å². The zero-order valence-electron chi connectivity index (χ0n) is 14.4. The number of aryl methyl sites for hydroxylation is 2. The van der Waals surface area contributed by atoms with Gasteiger partial charge in [-0.1, -0.05) is 11.3 Å². The van der Waals surface area contributed by atoms with Crippen LogP contribution in [0.3, 0.4) is 0 Å². The number of hydrogen-bond acceptors (Lipinski definition) is 4. The van der Waals surface area contributed by atoms with E-state index in [2.05, 4.69) is 10.1 Å². The number of hydrogen-bond donors (Lipinski definition) is 0. The van der Waals surface area contributed by atoms with Crippen molar-refractivity contribution in [1.82, 2.24) is 14.3 Å². The minimum Gasteiger partial charge on any atom is -0.497 e. The molecule has 0 saturated carbocycles. The minimum atomic E-state index is -0.279. The van der Waals surface area contributed by atoms with Gasteiger partial charge in [-0.25, -0.2) is 0 Å². The number of methoxy groups -OCH3 is 1. The van der Waals surface area contributed by atoms with Crippen LogP contribution in [-0.4, -0.2) is 27.4 Å². The number of fused-ring (bicyclic) bond motifs is 1. The van der Waals surface area contributed by atoms with Crippen molar-refractivity contribution in [2.75, 3.05) is 7.11 Å². The lowest BCUT2D eigenvalue weighted by Crippen LogP contribution is -2.16. The summed E-state index contributed by atoms with van der Waals surface area (Å²) in [5.41, 5.74) is 2.34. The summed E-state index contributed by atoms with van der Waals surface area (Å²) in [6.07, 6.45) is 0. The molecule has 0 unspecified atom stereocenters.